The van der Waals surface area contributed by atoms with Crippen LogP contribution in [0.3, 0.4) is 0 Å². The van der Waals surface area contributed by atoms with Crippen LogP contribution in [0.25, 0.3) is 0 Å². The predicted molar refractivity (Wildman–Crippen MR) is 31.1 cm³/mol. The van der Waals surface area contributed by atoms with Gasteiger partial charge in [0.15, 0.2) is 5.78 Å². The number of carbonyl (C=O) groups excluding carboxylic acids is 1. The maximum Gasteiger partial charge on any atom is 0.184 e. The molecule has 1 N–H and O–H groups in total. The lowest BCUT2D eigenvalue weighted by Crippen LogP contribution is -2.22. The molecule has 0 saturated heterocycles. The summed E-state index contributed by atoms with van der Waals surface area (Å²) in [5.41, 5.74) is 0. The van der Waals surface area contributed by atoms with Gasteiger partial charge in [-0.05, 0) is 6.92 Å². The Hall–Kier alpha value is -0.830. The zero-order chi connectivity index (χ0) is 6.85. The van der Waals surface area contributed by atoms with E-state index in [-0.39, 0.29) is 24.3 Å². The van der Waals surface area contributed by atoms with Gasteiger partial charge >= 0.3 is 0 Å². The third kappa shape index (κ3) is 1.29. The molecule has 1 aliphatic rings. The molecule has 1 rings (SSSR count). The zero-order valence-electron chi connectivity index (χ0n) is 5.13. The third-order valence-electron chi connectivity index (χ3n) is 1.20. The van der Waals surface area contributed by atoms with E-state index in [0.29, 0.717) is 0 Å². The van der Waals surface area contributed by atoms with E-state index in [4.69, 9.17) is 9.84 Å². The third-order valence-corrected chi connectivity index (χ3v) is 1.20. The number of hydrogen-bond donors (Lipinski definition) is 1. The molecule has 0 aromatic heterocycles. The van der Waals surface area contributed by atoms with Crippen LogP contribution in [0.2, 0.25) is 0 Å². The zero-order valence-corrected chi connectivity index (χ0v) is 5.13. The Labute approximate surface area is 52.9 Å². The van der Waals surface area contributed by atoms with Crippen molar-refractivity contribution in [3.8, 4) is 0 Å². The minimum Gasteiger partial charge on any atom is -0.509 e. The summed E-state index contributed by atoms with van der Waals surface area (Å²) in [7, 11) is 0. The first-order valence-electron chi connectivity index (χ1n) is 2.75. The monoisotopic (exact) mass is 128 g/mol. The molecule has 0 fully saturated rings. The lowest BCUT2D eigenvalue weighted by atomic mass is 10.2. The highest BCUT2D eigenvalue weighted by Crippen LogP contribution is 2.07. The Kier molecular flexibility index (Phi) is 1.53. The van der Waals surface area contributed by atoms with E-state index in [1.54, 1.807) is 6.92 Å². The second-order valence-electron chi connectivity index (χ2n) is 1.99. The Balaban J connectivity index is 2.72. The molecule has 0 spiro atoms. The van der Waals surface area contributed by atoms with Gasteiger partial charge in [-0.3, -0.25) is 4.79 Å². The van der Waals surface area contributed by atoms with Gasteiger partial charge in [-0.15, -0.1) is 0 Å². The number of aliphatic hydroxyl groups is 1. The van der Waals surface area contributed by atoms with Crippen molar-refractivity contribution >= 4 is 5.78 Å². The van der Waals surface area contributed by atoms with Crippen LogP contribution < -0.4 is 0 Å². The molecule has 0 radical (unpaired) electrons. The summed E-state index contributed by atoms with van der Waals surface area (Å²) in [6.07, 6.45) is 0.886. The number of rotatable bonds is 0. The minimum atomic E-state index is -0.317. The topological polar surface area (TPSA) is 46.5 Å². The number of carbonyl (C=O) groups is 1. The Morgan fingerprint density at radius 3 is 3.00 bits per heavy atom. The second kappa shape index (κ2) is 2.19. The minimum absolute atomic E-state index is 0.0197. The number of aliphatic hydroxyl groups excluding tert-OH is 1. The Morgan fingerprint density at radius 1 is 1.89 bits per heavy atom. The van der Waals surface area contributed by atoms with Gasteiger partial charge in [0, 0.05) is 6.08 Å². The molecule has 0 bridgehead atoms. The highest BCUT2D eigenvalue weighted by atomic mass is 16.5. The molecule has 3 heteroatoms. The van der Waals surface area contributed by atoms with Crippen molar-refractivity contribution in [3.05, 3.63) is 11.8 Å². The second-order valence-corrected chi connectivity index (χ2v) is 1.99. The fourth-order valence-electron chi connectivity index (χ4n) is 0.616. The van der Waals surface area contributed by atoms with Gasteiger partial charge in [0.1, 0.15) is 18.5 Å². The van der Waals surface area contributed by atoms with E-state index in [0.717, 1.165) is 0 Å². The van der Waals surface area contributed by atoms with Crippen LogP contribution in [0.1, 0.15) is 6.92 Å². The summed E-state index contributed by atoms with van der Waals surface area (Å²) in [4.78, 5) is 10.5. The van der Waals surface area contributed by atoms with Gasteiger partial charge in [-0.25, -0.2) is 0 Å². The molecule has 9 heavy (non-hydrogen) atoms. The van der Waals surface area contributed by atoms with Gasteiger partial charge in [0.25, 0.3) is 0 Å². The van der Waals surface area contributed by atoms with Gasteiger partial charge in [-0.1, -0.05) is 0 Å². The van der Waals surface area contributed by atoms with Crippen LogP contribution in [-0.4, -0.2) is 23.6 Å². The molecule has 0 aromatic rings. The average Bonchev–Trinajstić information content (AvgIpc) is 1.80. The smallest absolute Gasteiger partial charge is 0.184 e. The molecule has 0 saturated carbocycles. The first-order chi connectivity index (χ1) is 4.20. The van der Waals surface area contributed by atoms with Gasteiger partial charge < -0.3 is 9.84 Å². The molecule has 50 valence electrons. The average molecular weight is 128 g/mol. The summed E-state index contributed by atoms with van der Waals surface area (Å²) in [6, 6.07) is 0. The highest BCUT2D eigenvalue weighted by molar-refractivity contribution is 5.91. The van der Waals surface area contributed by atoms with E-state index >= 15 is 0 Å². The fraction of sp³-hybridized carbons (Fsp3) is 0.500. The summed E-state index contributed by atoms with van der Waals surface area (Å²) in [5, 5.41) is 8.86. The van der Waals surface area contributed by atoms with Crippen molar-refractivity contribution in [3.63, 3.8) is 0 Å². The van der Waals surface area contributed by atoms with Crippen molar-refractivity contribution in [2.24, 2.45) is 0 Å². The van der Waals surface area contributed by atoms with E-state index in [2.05, 4.69) is 0 Å². The Morgan fingerprint density at radius 2 is 2.56 bits per heavy atom. The molecule has 0 aliphatic carbocycles. The standard InChI is InChI=1S/C6H8O3/c1-4-6(8)2-5(7)3-9-4/h2,4,8H,3H2,1H3. The predicted octanol–water partition coefficient (Wildman–Crippen LogP) is 0.416. The molecule has 0 amide bonds. The molecular formula is C6H8O3. The van der Waals surface area contributed by atoms with Gasteiger partial charge in [0.05, 0.1) is 0 Å². The van der Waals surface area contributed by atoms with Crippen molar-refractivity contribution in [1.29, 1.82) is 0 Å². The van der Waals surface area contributed by atoms with Gasteiger partial charge in [0.2, 0.25) is 0 Å². The van der Waals surface area contributed by atoms with Gasteiger partial charge in [-0.2, -0.15) is 0 Å². The van der Waals surface area contributed by atoms with E-state index in [1.165, 1.54) is 6.08 Å². The largest absolute Gasteiger partial charge is 0.509 e. The fourth-order valence-corrected chi connectivity index (χ4v) is 0.616. The molecule has 1 atom stereocenters. The first kappa shape index (κ1) is 6.29. The van der Waals surface area contributed by atoms with Crippen LogP contribution >= 0.6 is 0 Å². The summed E-state index contributed by atoms with van der Waals surface area (Å²) in [6.45, 7) is 1.78. The van der Waals surface area contributed by atoms with Crippen molar-refractivity contribution in [1.82, 2.24) is 0 Å². The molecule has 1 aliphatic heterocycles. The Bertz CT molecular complexity index is 160. The lowest BCUT2D eigenvalue weighted by molar-refractivity contribution is -0.122. The molecule has 0 aromatic carbocycles. The lowest BCUT2D eigenvalue weighted by Gasteiger charge is -2.14. The van der Waals surface area contributed by atoms with Crippen LogP contribution in [0, 0.1) is 0 Å². The number of hydrogen-bond acceptors (Lipinski definition) is 3. The summed E-state index contributed by atoms with van der Waals surface area (Å²) in [5.74, 6) is -0.156. The SMILES string of the molecule is CC1OCC(=O)C=C1O. The van der Waals surface area contributed by atoms with Crippen molar-refractivity contribution in [2.45, 2.75) is 13.0 Å². The molecule has 1 unspecified atom stereocenters. The maximum absolute atomic E-state index is 10.5. The molecule has 3 nitrogen and oxygen atoms in total. The summed E-state index contributed by atoms with van der Waals surface area (Å²) >= 11 is 0. The maximum atomic E-state index is 10.5. The highest BCUT2D eigenvalue weighted by Gasteiger charge is 2.15. The van der Waals surface area contributed by atoms with Crippen LogP contribution in [-0.2, 0) is 9.53 Å². The number of ether oxygens (including phenoxy) is 1. The van der Waals surface area contributed by atoms with E-state index in [9.17, 15) is 4.79 Å². The van der Waals surface area contributed by atoms with E-state index < -0.39 is 0 Å². The van der Waals surface area contributed by atoms with Crippen LogP contribution in [0.4, 0.5) is 0 Å². The normalized spacial score (nSPS) is 27.9. The molecular weight excluding hydrogens is 120 g/mol. The number of ketones is 1. The van der Waals surface area contributed by atoms with E-state index in [1.807, 2.05) is 0 Å². The first-order valence-corrected chi connectivity index (χ1v) is 2.75. The summed E-state index contributed by atoms with van der Waals surface area (Å²) < 4.78 is 4.83. The van der Waals surface area contributed by atoms with Crippen LogP contribution in [0.15, 0.2) is 11.8 Å². The molecule has 1 heterocycles. The quantitative estimate of drug-likeness (QED) is 0.514. The van der Waals surface area contributed by atoms with Crippen molar-refractivity contribution < 1.29 is 14.6 Å². The van der Waals surface area contributed by atoms with Crippen molar-refractivity contribution in [2.75, 3.05) is 6.61 Å². The van der Waals surface area contributed by atoms with Crippen LogP contribution in [0.5, 0.6) is 0 Å².